The van der Waals surface area contributed by atoms with Crippen molar-refractivity contribution in [1.82, 2.24) is 10.3 Å². The molecule has 0 bridgehead atoms. The first-order valence-corrected chi connectivity index (χ1v) is 6.95. The molecule has 0 aliphatic carbocycles. The van der Waals surface area contributed by atoms with Gasteiger partial charge in [-0.2, -0.15) is 0 Å². The molecule has 0 spiro atoms. The average Bonchev–Trinajstić information content (AvgIpc) is 2.37. The second-order valence-electron chi connectivity index (χ2n) is 4.58. The molecule has 1 heterocycles. The van der Waals surface area contributed by atoms with Crippen molar-refractivity contribution < 1.29 is 4.39 Å². The molecule has 100 valence electrons. The van der Waals surface area contributed by atoms with Crippen LogP contribution in [-0.2, 0) is 6.54 Å². The molecule has 1 aromatic carbocycles. The van der Waals surface area contributed by atoms with Crippen LogP contribution in [0.1, 0.15) is 29.8 Å². The van der Waals surface area contributed by atoms with Crippen molar-refractivity contribution in [3.8, 4) is 0 Å². The standard InChI is InChI=1S/C15H16BrFN2/c1-10-3-4-12(8-18-10)9-19-11(2)14-6-5-13(16)7-15(14)17/h3-8,11,19H,9H2,1-2H3. The molecule has 19 heavy (non-hydrogen) atoms. The predicted octanol–water partition coefficient (Wildman–Crippen LogP) is 4.14. The molecule has 0 amide bonds. The maximum Gasteiger partial charge on any atom is 0.129 e. The first-order chi connectivity index (χ1) is 9.06. The Morgan fingerprint density at radius 3 is 2.74 bits per heavy atom. The lowest BCUT2D eigenvalue weighted by molar-refractivity contribution is 0.527. The van der Waals surface area contributed by atoms with Gasteiger partial charge in [-0.1, -0.05) is 28.1 Å². The summed E-state index contributed by atoms with van der Waals surface area (Å²) in [5.41, 5.74) is 2.76. The highest BCUT2D eigenvalue weighted by Gasteiger charge is 2.10. The van der Waals surface area contributed by atoms with Crippen molar-refractivity contribution in [3.63, 3.8) is 0 Å². The summed E-state index contributed by atoms with van der Waals surface area (Å²) in [4.78, 5) is 4.24. The summed E-state index contributed by atoms with van der Waals surface area (Å²) in [6, 6.07) is 9.09. The molecule has 0 fully saturated rings. The van der Waals surface area contributed by atoms with Gasteiger partial charge in [0.15, 0.2) is 0 Å². The number of pyridine rings is 1. The molecular formula is C15H16BrFN2. The predicted molar refractivity (Wildman–Crippen MR) is 78.3 cm³/mol. The Balaban J connectivity index is 2.01. The van der Waals surface area contributed by atoms with Gasteiger partial charge in [0.2, 0.25) is 0 Å². The topological polar surface area (TPSA) is 24.9 Å². The van der Waals surface area contributed by atoms with E-state index in [1.54, 1.807) is 6.07 Å². The fourth-order valence-corrected chi connectivity index (χ4v) is 2.17. The van der Waals surface area contributed by atoms with Gasteiger partial charge in [-0.15, -0.1) is 0 Å². The van der Waals surface area contributed by atoms with Crippen molar-refractivity contribution in [3.05, 3.63) is 63.6 Å². The van der Waals surface area contributed by atoms with Crippen LogP contribution < -0.4 is 5.32 Å². The van der Waals surface area contributed by atoms with E-state index in [1.165, 1.54) is 6.07 Å². The molecular weight excluding hydrogens is 307 g/mol. The van der Waals surface area contributed by atoms with Crippen LogP contribution in [0.4, 0.5) is 4.39 Å². The molecule has 1 aromatic heterocycles. The maximum absolute atomic E-state index is 13.8. The SMILES string of the molecule is Cc1ccc(CNC(C)c2ccc(Br)cc2F)cn1. The van der Waals surface area contributed by atoms with Crippen molar-refractivity contribution in [1.29, 1.82) is 0 Å². The zero-order valence-corrected chi connectivity index (χ0v) is 12.5. The lowest BCUT2D eigenvalue weighted by atomic mass is 10.1. The van der Waals surface area contributed by atoms with E-state index in [4.69, 9.17) is 0 Å². The number of rotatable bonds is 4. The minimum absolute atomic E-state index is 0.0468. The van der Waals surface area contributed by atoms with E-state index in [-0.39, 0.29) is 11.9 Å². The van der Waals surface area contributed by atoms with Gasteiger partial charge in [0.25, 0.3) is 0 Å². The van der Waals surface area contributed by atoms with E-state index in [0.717, 1.165) is 15.7 Å². The van der Waals surface area contributed by atoms with Crippen LogP contribution in [0.3, 0.4) is 0 Å². The Bertz CT molecular complexity index is 555. The van der Waals surface area contributed by atoms with E-state index < -0.39 is 0 Å². The molecule has 0 aliphatic rings. The molecule has 0 aliphatic heterocycles. The molecule has 0 saturated heterocycles. The van der Waals surface area contributed by atoms with E-state index in [1.807, 2.05) is 38.2 Å². The molecule has 2 aromatic rings. The van der Waals surface area contributed by atoms with E-state index in [2.05, 4.69) is 26.2 Å². The van der Waals surface area contributed by atoms with Crippen LogP contribution in [0, 0.1) is 12.7 Å². The van der Waals surface area contributed by atoms with Crippen LogP contribution in [0.2, 0.25) is 0 Å². The molecule has 0 radical (unpaired) electrons. The number of hydrogen-bond acceptors (Lipinski definition) is 2. The third-order valence-corrected chi connectivity index (χ3v) is 3.51. The zero-order chi connectivity index (χ0) is 13.8. The van der Waals surface area contributed by atoms with E-state index >= 15 is 0 Å². The number of hydrogen-bond donors (Lipinski definition) is 1. The summed E-state index contributed by atoms with van der Waals surface area (Å²) in [7, 11) is 0. The first-order valence-electron chi connectivity index (χ1n) is 6.16. The third-order valence-electron chi connectivity index (χ3n) is 3.01. The second-order valence-corrected chi connectivity index (χ2v) is 5.49. The van der Waals surface area contributed by atoms with Crippen LogP contribution in [0.25, 0.3) is 0 Å². The van der Waals surface area contributed by atoms with Gasteiger partial charge in [0.1, 0.15) is 5.82 Å². The fraction of sp³-hybridized carbons (Fsp3) is 0.267. The number of nitrogens with one attached hydrogen (secondary N) is 1. The highest BCUT2D eigenvalue weighted by molar-refractivity contribution is 9.10. The van der Waals surface area contributed by atoms with E-state index in [0.29, 0.717) is 12.1 Å². The minimum atomic E-state index is -0.198. The normalized spacial score (nSPS) is 12.4. The summed E-state index contributed by atoms with van der Waals surface area (Å²) in [5.74, 6) is -0.198. The van der Waals surface area contributed by atoms with Gasteiger partial charge < -0.3 is 5.32 Å². The van der Waals surface area contributed by atoms with Gasteiger partial charge in [-0.05, 0) is 37.6 Å². The Morgan fingerprint density at radius 2 is 2.11 bits per heavy atom. The number of benzene rings is 1. The molecule has 1 atom stereocenters. The molecule has 1 N–H and O–H groups in total. The van der Waals surface area contributed by atoms with Crippen molar-refractivity contribution in [2.75, 3.05) is 0 Å². The Labute approximate surface area is 121 Å². The van der Waals surface area contributed by atoms with Crippen LogP contribution >= 0.6 is 15.9 Å². The summed E-state index contributed by atoms with van der Waals surface area (Å²) < 4.78 is 14.6. The second kappa shape index (κ2) is 6.26. The minimum Gasteiger partial charge on any atom is -0.306 e. The molecule has 2 rings (SSSR count). The Hall–Kier alpha value is -1.26. The van der Waals surface area contributed by atoms with Gasteiger partial charge in [0.05, 0.1) is 0 Å². The Morgan fingerprint density at radius 1 is 1.32 bits per heavy atom. The number of aromatic nitrogens is 1. The van der Waals surface area contributed by atoms with Gasteiger partial charge >= 0.3 is 0 Å². The lowest BCUT2D eigenvalue weighted by Gasteiger charge is -2.15. The summed E-state index contributed by atoms with van der Waals surface area (Å²) in [6.07, 6.45) is 1.84. The number of aryl methyl sites for hydroxylation is 1. The van der Waals surface area contributed by atoms with Crippen molar-refractivity contribution >= 4 is 15.9 Å². The first kappa shape index (κ1) is 14.2. The summed E-state index contributed by atoms with van der Waals surface area (Å²) >= 11 is 3.26. The molecule has 0 saturated carbocycles. The smallest absolute Gasteiger partial charge is 0.129 e. The number of halogens is 2. The zero-order valence-electron chi connectivity index (χ0n) is 11.0. The van der Waals surface area contributed by atoms with Crippen molar-refractivity contribution in [2.45, 2.75) is 26.4 Å². The quantitative estimate of drug-likeness (QED) is 0.915. The van der Waals surface area contributed by atoms with Gasteiger partial charge in [-0.3, -0.25) is 4.98 Å². The molecule has 2 nitrogen and oxygen atoms in total. The molecule has 1 unspecified atom stereocenters. The average molecular weight is 323 g/mol. The highest BCUT2D eigenvalue weighted by Crippen LogP contribution is 2.21. The number of nitrogens with zero attached hydrogens (tertiary/aromatic N) is 1. The molecule has 4 heteroatoms. The largest absolute Gasteiger partial charge is 0.306 e. The highest BCUT2D eigenvalue weighted by atomic mass is 79.9. The van der Waals surface area contributed by atoms with Crippen LogP contribution in [0.5, 0.6) is 0 Å². The van der Waals surface area contributed by atoms with E-state index in [9.17, 15) is 4.39 Å². The van der Waals surface area contributed by atoms with Crippen LogP contribution in [0.15, 0.2) is 41.0 Å². The summed E-state index contributed by atoms with van der Waals surface area (Å²) in [5, 5.41) is 3.30. The third kappa shape index (κ3) is 3.85. The van der Waals surface area contributed by atoms with Crippen molar-refractivity contribution in [2.24, 2.45) is 0 Å². The maximum atomic E-state index is 13.8. The van der Waals surface area contributed by atoms with Crippen LogP contribution in [-0.4, -0.2) is 4.98 Å². The fourth-order valence-electron chi connectivity index (χ4n) is 1.84. The lowest BCUT2D eigenvalue weighted by Crippen LogP contribution is -2.19. The Kier molecular flexibility index (Phi) is 4.66. The summed E-state index contributed by atoms with van der Waals surface area (Å²) in [6.45, 7) is 4.58. The van der Waals surface area contributed by atoms with Gasteiger partial charge in [-0.25, -0.2) is 4.39 Å². The monoisotopic (exact) mass is 322 g/mol. The van der Waals surface area contributed by atoms with Gasteiger partial charge in [0, 0.05) is 34.5 Å².